The quantitative estimate of drug-likeness (QED) is 0.267. The van der Waals surface area contributed by atoms with Gasteiger partial charge in [-0.2, -0.15) is 0 Å². The third kappa shape index (κ3) is 4.74. The monoisotopic (exact) mass is 409 g/mol. The minimum atomic E-state index is -0.485. The number of Topliss-reactive ketones (excluding diaryl/α,β-unsaturated/α-hetero) is 1. The lowest BCUT2D eigenvalue weighted by atomic mass is 10.1. The van der Waals surface area contributed by atoms with E-state index in [1.165, 1.54) is 11.8 Å². The highest BCUT2D eigenvalue weighted by molar-refractivity contribution is 7.99. The van der Waals surface area contributed by atoms with E-state index in [2.05, 4.69) is 15.0 Å². The van der Waals surface area contributed by atoms with Gasteiger partial charge in [0.2, 0.25) is 0 Å². The molecule has 0 aliphatic carbocycles. The molecule has 150 valence electrons. The number of hydrogen-bond donors (Lipinski definition) is 1. The number of hydrogen-bond acceptors (Lipinski definition) is 6. The molecule has 3 rings (SSSR count). The minimum absolute atomic E-state index is 0.127. The van der Waals surface area contributed by atoms with Gasteiger partial charge in [-0.3, -0.25) is 4.79 Å². The summed E-state index contributed by atoms with van der Waals surface area (Å²) in [7, 11) is 0. The van der Waals surface area contributed by atoms with Crippen LogP contribution in [0.5, 0.6) is 0 Å². The third-order valence-corrected chi connectivity index (χ3v) is 5.22. The van der Waals surface area contributed by atoms with Gasteiger partial charge >= 0.3 is 5.97 Å². The van der Waals surface area contributed by atoms with Gasteiger partial charge in [-0.15, -0.1) is 0 Å². The molecule has 0 unspecified atom stereocenters. The Kier molecular flexibility index (Phi) is 6.49. The summed E-state index contributed by atoms with van der Waals surface area (Å²) in [6.45, 7) is 7.44. The van der Waals surface area contributed by atoms with Gasteiger partial charge in [0.05, 0.1) is 29.2 Å². The highest BCUT2D eigenvalue weighted by Crippen LogP contribution is 2.25. The van der Waals surface area contributed by atoms with Crippen molar-refractivity contribution in [1.82, 2.24) is 15.0 Å². The molecular weight excluding hydrogens is 386 g/mol. The van der Waals surface area contributed by atoms with Crippen LogP contribution < -0.4 is 0 Å². The number of benzene rings is 1. The van der Waals surface area contributed by atoms with Crippen LogP contribution in [0.1, 0.15) is 44.7 Å². The topological polar surface area (TPSA) is 84.9 Å². The van der Waals surface area contributed by atoms with E-state index in [4.69, 9.17) is 4.74 Å². The maximum Gasteiger partial charge on any atom is 0.340 e. The maximum atomic E-state index is 12.9. The molecular formula is C22H23N3O3S. The third-order valence-electron chi connectivity index (χ3n) is 4.37. The Hall–Kier alpha value is -2.93. The van der Waals surface area contributed by atoms with Crippen molar-refractivity contribution < 1.29 is 14.3 Å². The number of aromatic amines is 1. The number of carbonyl (C=O) groups excluding carboxylic acids is 2. The highest BCUT2D eigenvalue weighted by atomic mass is 32.2. The van der Waals surface area contributed by atoms with Crippen LogP contribution in [0.3, 0.4) is 0 Å². The summed E-state index contributed by atoms with van der Waals surface area (Å²) < 4.78 is 5.11. The number of aryl methyl sites for hydroxylation is 3. The predicted molar refractivity (Wildman–Crippen MR) is 113 cm³/mol. The standard InChI is InChI=1S/C22H23N3O3S/c1-5-28-21(27)20-15(4)24-14(3)19(20)18(26)12-29-22-23-13(2)11-17(25-22)16-9-7-6-8-10-16/h6-11,24H,5,12H2,1-4H3. The first-order chi connectivity index (χ1) is 13.9. The number of thioether (sulfide) groups is 1. The lowest BCUT2D eigenvalue weighted by Crippen LogP contribution is -2.13. The summed E-state index contributed by atoms with van der Waals surface area (Å²) in [6.07, 6.45) is 0. The zero-order valence-corrected chi connectivity index (χ0v) is 17.7. The van der Waals surface area contributed by atoms with Crippen molar-refractivity contribution in [3.63, 3.8) is 0 Å². The Labute approximate surface area is 174 Å². The number of nitrogens with one attached hydrogen (secondary N) is 1. The molecule has 7 heteroatoms. The summed E-state index contributed by atoms with van der Waals surface area (Å²) in [5, 5.41) is 0.528. The second kappa shape index (κ2) is 9.05. The normalized spacial score (nSPS) is 10.8. The fourth-order valence-corrected chi connectivity index (χ4v) is 3.93. The van der Waals surface area contributed by atoms with Crippen molar-refractivity contribution in [3.8, 4) is 11.3 Å². The summed E-state index contributed by atoms with van der Waals surface area (Å²) in [4.78, 5) is 37.3. The van der Waals surface area contributed by atoms with Gasteiger partial charge in [0.1, 0.15) is 0 Å². The van der Waals surface area contributed by atoms with E-state index in [-0.39, 0.29) is 18.1 Å². The lowest BCUT2D eigenvalue weighted by Gasteiger charge is -2.07. The summed E-state index contributed by atoms with van der Waals surface area (Å²) in [6, 6.07) is 11.7. The Balaban J connectivity index is 1.82. The highest BCUT2D eigenvalue weighted by Gasteiger charge is 2.25. The van der Waals surface area contributed by atoms with Crippen LogP contribution in [0.25, 0.3) is 11.3 Å². The first kappa shape index (κ1) is 20.8. The molecule has 3 aromatic rings. The molecule has 0 fully saturated rings. The average Bonchev–Trinajstić information content (AvgIpc) is 3.00. The van der Waals surface area contributed by atoms with E-state index in [9.17, 15) is 9.59 Å². The van der Waals surface area contributed by atoms with Crippen LogP contribution in [-0.4, -0.2) is 39.1 Å². The van der Waals surface area contributed by atoms with Crippen molar-refractivity contribution in [3.05, 3.63) is 64.6 Å². The van der Waals surface area contributed by atoms with Crippen molar-refractivity contribution >= 4 is 23.5 Å². The van der Waals surface area contributed by atoms with Gasteiger partial charge in [-0.1, -0.05) is 42.1 Å². The van der Waals surface area contributed by atoms with Crippen LogP contribution in [0.4, 0.5) is 0 Å². The van der Waals surface area contributed by atoms with Gasteiger partial charge in [0, 0.05) is 22.6 Å². The second-order valence-corrected chi connectivity index (χ2v) is 7.54. The Morgan fingerprint density at radius 3 is 2.41 bits per heavy atom. The minimum Gasteiger partial charge on any atom is -0.462 e. The molecule has 2 aromatic heterocycles. The van der Waals surface area contributed by atoms with Crippen molar-refractivity contribution in [2.45, 2.75) is 32.9 Å². The van der Waals surface area contributed by atoms with Crippen molar-refractivity contribution in [2.24, 2.45) is 0 Å². The molecule has 0 aliphatic rings. The molecule has 0 aliphatic heterocycles. The molecule has 0 bridgehead atoms. The number of ketones is 1. The summed E-state index contributed by atoms with van der Waals surface area (Å²) in [5.41, 5.74) is 4.62. The molecule has 0 atom stereocenters. The predicted octanol–water partition coefficient (Wildman–Crippen LogP) is 4.55. The van der Waals surface area contributed by atoms with Gasteiger partial charge < -0.3 is 9.72 Å². The lowest BCUT2D eigenvalue weighted by molar-refractivity contribution is 0.0522. The van der Waals surface area contributed by atoms with E-state index >= 15 is 0 Å². The number of rotatable bonds is 7. The fourth-order valence-electron chi connectivity index (χ4n) is 3.15. The number of esters is 1. The van der Waals surface area contributed by atoms with E-state index in [0.717, 1.165) is 17.0 Å². The molecule has 0 saturated carbocycles. The van der Waals surface area contributed by atoms with Gasteiger partial charge in [-0.25, -0.2) is 14.8 Å². The smallest absolute Gasteiger partial charge is 0.340 e. The maximum absolute atomic E-state index is 12.9. The number of aromatic nitrogens is 3. The Morgan fingerprint density at radius 1 is 1.03 bits per heavy atom. The number of ether oxygens (including phenoxy) is 1. The molecule has 2 heterocycles. The van der Waals surface area contributed by atoms with Crippen LogP contribution in [-0.2, 0) is 4.74 Å². The van der Waals surface area contributed by atoms with Crippen LogP contribution in [0.15, 0.2) is 41.6 Å². The van der Waals surface area contributed by atoms with Gasteiger partial charge in [-0.05, 0) is 33.8 Å². The summed E-state index contributed by atoms with van der Waals surface area (Å²) in [5.74, 6) is -0.519. The van der Waals surface area contributed by atoms with Crippen LogP contribution in [0, 0.1) is 20.8 Å². The Bertz CT molecular complexity index is 1040. The molecule has 0 spiro atoms. The van der Waals surface area contributed by atoms with E-state index in [1.807, 2.05) is 43.3 Å². The summed E-state index contributed by atoms with van der Waals surface area (Å²) >= 11 is 1.26. The number of nitrogens with zero attached hydrogens (tertiary/aromatic N) is 2. The van der Waals surface area contributed by atoms with E-state index < -0.39 is 5.97 Å². The van der Waals surface area contributed by atoms with Gasteiger partial charge in [0.25, 0.3) is 0 Å². The number of carbonyl (C=O) groups is 2. The van der Waals surface area contributed by atoms with Crippen LogP contribution in [0.2, 0.25) is 0 Å². The zero-order chi connectivity index (χ0) is 21.0. The molecule has 0 saturated heterocycles. The largest absolute Gasteiger partial charge is 0.462 e. The molecule has 0 amide bonds. The SMILES string of the molecule is CCOC(=O)c1c(C)[nH]c(C)c1C(=O)CSc1nc(C)cc(-c2ccccc2)n1. The molecule has 1 N–H and O–H groups in total. The number of H-pyrrole nitrogens is 1. The first-order valence-electron chi connectivity index (χ1n) is 9.34. The van der Waals surface area contributed by atoms with Crippen LogP contribution >= 0.6 is 11.8 Å². The molecule has 1 aromatic carbocycles. The molecule has 29 heavy (non-hydrogen) atoms. The Morgan fingerprint density at radius 2 is 1.72 bits per heavy atom. The average molecular weight is 410 g/mol. The first-order valence-corrected chi connectivity index (χ1v) is 10.3. The van der Waals surface area contributed by atoms with E-state index in [0.29, 0.717) is 27.7 Å². The van der Waals surface area contributed by atoms with E-state index in [1.54, 1.807) is 20.8 Å². The zero-order valence-electron chi connectivity index (χ0n) is 16.9. The van der Waals surface area contributed by atoms with Gasteiger partial charge in [0.15, 0.2) is 10.9 Å². The van der Waals surface area contributed by atoms with Crippen molar-refractivity contribution in [1.29, 1.82) is 0 Å². The second-order valence-electron chi connectivity index (χ2n) is 6.60. The molecule has 6 nitrogen and oxygen atoms in total. The molecule has 0 radical (unpaired) electrons. The fraction of sp³-hybridized carbons (Fsp3) is 0.273. The van der Waals surface area contributed by atoms with Crippen molar-refractivity contribution in [2.75, 3.05) is 12.4 Å².